The van der Waals surface area contributed by atoms with Crippen molar-refractivity contribution in [2.45, 2.75) is 6.10 Å². The summed E-state index contributed by atoms with van der Waals surface area (Å²) >= 11 is 0. The maximum atomic E-state index is 10.4. The number of carbonyl (C=O) groups excluding carboxylic acids is 1. The number of urea groups is 1. The molecule has 5 heteroatoms. The number of carbonyl (C=O) groups is 1. The van der Waals surface area contributed by atoms with E-state index in [-0.39, 0.29) is 6.54 Å². The van der Waals surface area contributed by atoms with Crippen LogP contribution in [0.15, 0.2) is 24.3 Å². The number of primary amides is 1. The van der Waals surface area contributed by atoms with E-state index >= 15 is 0 Å². The number of amides is 2. The minimum absolute atomic E-state index is 0.0965. The standard InChI is InChI=1S/C9H13N3O2/c10-7-3-1-6(2-4-7)8(13)5-12-9(11)14/h1-4,8,13H,5,10H2,(H3,11,12,14). The predicted octanol–water partition coefficient (Wildman–Crippen LogP) is -0.0295. The van der Waals surface area contributed by atoms with E-state index in [0.717, 1.165) is 0 Å². The molecule has 0 saturated heterocycles. The minimum Gasteiger partial charge on any atom is -0.399 e. The SMILES string of the molecule is NC(=O)NCC(O)c1ccc(N)cc1. The number of nitrogen functional groups attached to an aromatic ring is 1. The molecule has 14 heavy (non-hydrogen) atoms. The fourth-order valence-electron chi connectivity index (χ4n) is 1.03. The number of anilines is 1. The third-order valence-corrected chi connectivity index (χ3v) is 1.79. The Hall–Kier alpha value is -1.75. The molecule has 0 heterocycles. The van der Waals surface area contributed by atoms with Gasteiger partial charge in [-0.15, -0.1) is 0 Å². The fourth-order valence-corrected chi connectivity index (χ4v) is 1.03. The van der Waals surface area contributed by atoms with E-state index < -0.39 is 12.1 Å². The molecule has 1 atom stereocenters. The van der Waals surface area contributed by atoms with Gasteiger partial charge in [0.2, 0.25) is 0 Å². The second-order valence-electron chi connectivity index (χ2n) is 2.93. The summed E-state index contributed by atoms with van der Waals surface area (Å²) in [7, 11) is 0. The molecule has 0 aliphatic rings. The van der Waals surface area contributed by atoms with Crippen LogP contribution in [0.25, 0.3) is 0 Å². The topological polar surface area (TPSA) is 101 Å². The van der Waals surface area contributed by atoms with Crippen LogP contribution in [0.1, 0.15) is 11.7 Å². The van der Waals surface area contributed by atoms with Gasteiger partial charge in [0.25, 0.3) is 0 Å². The molecule has 0 aromatic heterocycles. The van der Waals surface area contributed by atoms with E-state index in [0.29, 0.717) is 11.3 Å². The Balaban J connectivity index is 2.56. The molecular formula is C9H13N3O2. The monoisotopic (exact) mass is 195 g/mol. The molecule has 1 aromatic rings. The first-order valence-electron chi connectivity index (χ1n) is 4.16. The largest absolute Gasteiger partial charge is 0.399 e. The first-order chi connectivity index (χ1) is 6.59. The number of benzene rings is 1. The lowest BCUT2D eigenvalue weighted by molar-refractivity contribution is 0.174. The van der Waals surface area contributed by atoms with Crippen molar-refractivity contribution in [2.24, 2.45) is 5.73 Å². The van der Waals surface area contributed by atoms with Gasteiger partial charge < -0.3 is 21.9 Å². The van der Waals surface area contributed by atoms with Gasteiger partial charge in [0.1, 0.15) is 0 Å². The van der Waals surface area contributed by atoms with E-state index in [1.54, 1.807) is 24.3 Å². The normalized spacial score (nSPS) is 12.1. The zero-order chi connectivity index (χ0) is 10.6. The Labute approximate surface area is 81.7 Å². The van der Waals surface area contributed by atoms with Crippen LogP contribution in [0.3, 0.4) is 0 Å². The molecule has 5 nitrogen and oxygen atoms in total. The maximum absolute atomic E-state index is 10.4. The van der Waals surface area contributed by atoms with Gasteiger partial charge in [-0.25, -0.2) is 4.79 Å². The van der Waals surface area contributed by atoms with Gasteiger partial charge in [-0.2, -0.15) is 0 Å². The molecule has 0 spiro atoms. The Morgan fingerprint density at radius 2 is 2.00 bits per heavy atom. The van der Waals surface area contributed by atoms with E-state index in [1.165, 1.54) is 0 Å². The lowest BCUT2D eigenvalue weighted by Gasteiger charge is -2.10. The highest BCUT2D eigenvalue weighted by Gasteiger charge is 2.07. The summed E-state index contributed by atoms with van der Waals surface area (Å²) in [5.41, 5.74) is 11.7. The Morgan fingerprint density at radius 1 is 1.43 bits per heavy atom. The molecule has 1 rings (SSSR count). The highest BCUT2D eigenvalue weighted by molar-refractivity contribution is 5.71. The molecule has 0 bridgehead atoms. The molecule has 0 aliphatic carbocycles. The van der Waals surface area contributed by atoms with Crippen LogP contribution in [-0.4, -0.2) is 17.7 Å². The molecule has 0 aliphatic heterocycles. The number of aliphatic hydroxyl groups excluding tert-OH is 1. The third-order valence-electron chi connectivity index (χ3n) is 1.79. The zero-order valence-electron chi connectivity index (χ0n) is 7.60. The number of nitrogens with one attached hydrogen (secondary N) is 1. The number of hydrogen-bond donors (Lipinski definition) is 4. The van der Waals surface area contributed by atoms with Crippen molar-refractivity contribution in [1.29, 1.82) is 0 Å². The van der Waals surface area contributed by atoms with Gasteiger partial charge in [-0.05, 0) is 17.7 Å². The van der Waals surface area contributed by atoms with E-state index in [2.05, 4.69) is 5.32 Å². The van der Waals surface area contributed by atoms with Gasteiger partial charge in [0.15, 0.2) is 0 Å². The summed E-state index contributed by atoms with van der Waals surface area (Å²) in [6, 6.07) is 6.11. The van der Waals surface area contributed by atoms with E-state index in [9.17, 15) is 9.90 Å². The first-order valence-corrected chi connectivity index (χ1v) is 4.16. The fraction of sp³-hybridized carbons (Fsp3) is 0.222. The number of nitrogens with two attached hydrogens (primary N) is 2. The quantitative estimate of drug-likeness (QED) is 0.509. The molecule has 1 unspecified atom stereocenters. The van der Waals surface area contributed by atoms with Gasteiger partial charge in [-0.1, -0.05) is 12.1 Å². The van der Waals surface area contributed by atoms with Crippen LogP contribution < -0.4 is 16.8 Å². The van der Waals surface area contributed by atoms with Crippen molar-refractivity contribution >= 4 is 11.7 Å². The summed E-state index contributed by atoms with van der Waals surface area (Å²) in [6.07, 6.45) is -0.761. The van der Waals surface area contributed by atoms with Crippen LogP contribution in [0.4, 0.5) is 10.5 Å². The van der Waals surface area contributed by atoms with Gasteiger partial charge in [0, 0.05) is 12.2 Å². The summed E-state index contributed by atoms with van der Waals surface area (Å²) in [4.78, 5) is 10.4. The van der Waals surface area contributed by atoms with Crippen LogP contribution >= 0.6 is 0 Å². The summed E-state index contributed by atoms with van der Waals surface area (Å²) < 4.78 is 0. The second-order valence-corrected chi connectivity index (χ2v) is 2.93. The summed E-state index contributed by atoms with van der Waals surface area (Å²) in [5.74, 6) is 0. The predicted molar refractivity (Wildman–Crippen MR) is 53.4 cm³/mol. The Kier molecular flexibility index (Phi) is 3.30. The van der Waals surface area contributed by atoms with Crippen LogP contribution in [0, 0.1) is 0 Å². The Bertz CT molecular complexity index is 310. The van der Waals surface area contributed by atoms with Gasteiger partial charge in [-0.3, -0.25) is 0 Å². The van der Waals surface area contributed by atoms with Crippen LogP contribution in [0.5, 0.6) is 0 Å². The first kappa shape index (κ1) is 10.3. The second kappa shape index (κ2) is 4.48. The lowest BCUT2D eigenvalue weighted by Crippen LogP contribution is -2.32. The maximum Gasteiger partial charge on any atom is 0.312 e. The van der Waals surface area contributed by atoms with Crippen molar-refractivity contribution in [3.05, 3.63) is 29.8 Å². The van der Waals surface area contributed by atoms with E-state index in [1.807, 2.05) is 0 Å². The highest BCUT2D eigenvalue weighted by atomic mass is 16.3. The smallest absolute Gasteiger partial charge is 0.312 e. The number of aliphatic hydroxyl groups is 1. The van der Waals surface area contributed by atoms with Crippen LogP contribution in [0.2, 0.25) is 0 Å². The molecular weight excluding hydrogens is 182 g/mol. The molecule has 0 saturated carbocycles. The molecule has 0 radical (unpaired) electrons. The number of rotatable bonds is 3. The molecule has 1 aromatic carbocycles. The Morgan fingerprint density at radius 3 is 2.50 bits per heavy atom. The molecule has 76 valence electrons. The third kappa shape index (κ3) is 2.95. The van der Waals surface area contributed by atoms with Crippen molar-refractivity contribution in [1.82, 2.24) is 5.32 Å². The molecule has 0 fully saturated rings. The average Bonchev–Trinajstić information content (AvgIpc) is 2.15. The minimum atomic E-state index is -0.761. The molecule has 2 amide bonds. The zero-order valence-corrected chi connectivity index (χ0v) is 7.60. The summed E-state index contributed by atoms with van der Waals surface area (Å²) in [6.45, 7) is 0.0965. The van der Waals surface area contributed by atoms with Gasteiger partial charge >= 0.3 is 6.03 Å². The van der Waals surface area contributed by atoms with E-state index in [4.69, 9.17) is 11.5 Å². The van der Waals surface area contributed by atoms with Crippen molar-refractivity contribution in [3.63, 3.8) is 0 Å². The average molecular weight is 195 g/mol. The van der Waals surface area contributed by atoms with Gasteiger partial charge in [0.05, 0.1) is 6.10 Å². The van der Waals surface area contributed by atoms with Crippen molar-refractivity contribution < 1.29 is 9.90 Å². The van der Waals surface area contributed by atoms with Crippen molar-refractivity contribution in [3.8, 4) is 0 Å². The number of hydrogen-bond acceptors (Lipinski definition) is 3. The lowest BCUT2D eigenvalue weighted by atomic mass is 10.1. The summed E-state index contributed by atoms with van der Waals surface area (Å²) in [5, 5.41) is 11.9. The highest BCUT2D eigenvalue weighted by Crippen LogP contribution is 2.13. The molecule has 6 N–H and O–H groups in total. The van der Waals surface area contributed by atoms with Crippen LogP contribution in [-0.2, 0) is 0 Å². The van der Waals surface area contributed by atoms with Crippen molar-refractivity contribution in [2.75, 3.05) is 12.3 Å².